The molecule has 3 N–H and O–H groups in total. The number of halogens is 5. The van der Waals surface area contributed by atoms with Gasteiger partial charge in [-0.1, -0.05) is 98.7 Å². The molecule has 6 aromatic rings. The molecule has 2 heterocycles. The highest BCUT2D eigenvalue weighted by atomic mass is 79.9. The highest BCUT2D eigenvalue weighted by molar-refractivity contribution is 9.10. The maximum atomic E-state index is 12.5. The van der Waals surface area contributed by atoms with Gasteiger partial charge in [0.2, 0.25) is 0 Å². The number of nitrogen functional groups attached to an aromatic ring is 1. The summed E-state index contributed by atoms with van der Waals surface area (Å²) in [5.41, 5.74) is 8.97. The summed E-state index contributed by atoms with van der Waals surface area (Å²) < 4.78 is 28.6. The van der Waals surface area contributed by atoms with Crippen molar-refractivity contribution in [3.63, 3.8) is 0 Å². The van der Waals surface area contributed by atoms with Gasteiger partial charge in [0.05, 0.1) is 14.9 Å². The number of nitrogens with two attached hydrogens (primary N) is 1. The summed E-state index contributed by atoms with van der Waals surface area (Å²) >= 11 is 27.3. The van der Waals surface area contributed by atoms with Gasteiger partial charge in [-0.3, -0.25) is 4.72 Å². The molecule has 6 rings (SSSR count). The van der Waals surface area contributed by atoms with Crippen LogP contribution in [-0.4, -0.2) is 18.4 Å². The van der Waals surface area contributed by atoms with Crippen molar-refractivity contribution >= 4 is 105 Å². The number of aryl methyl sites for hydroxylation is 2. The Kier molecular flexibility index (Phi) is 11.3. The Morgan fingerprint density at radius 1 is 0.682 bits per heavy atom. The summed E-state index contributed by atoms with van der Waals surface area (Å²) in [6, 6.07) is 25.2. The molecule has 0 aliphatic heterocycles. The molecule has 44 heavy (non-hydrogen) atoms. The van der Waals surface area contributed by atoms with Crippen molar-refractivity contribution in [2.24, 2.45) is 0 Å². The molecule has 0 aliphatic rings. The first-order chi connectivity index (χ1) is 20.8. The second-order valence-electron chi connectivity index (χ2n) is 9.58. The summed E-state index contributed by atoms with van der Waals surface area (Å²) in [6.07, 6.45) is 2.99. The standard InChI is InChI=1S/C16H12Cl2N2O2S.C9H4BrCl2N.C7H9N/c1-10-3-2-4-11(7-10)20-23(21,22)12-5-6-13-14(8-12)16(18)19-9-15(13)17;10-5-1-2-6-7(3-5)9(12)13-4-8(6)11;1-6-3-2-4-7(8)5-6/h2-9,20H,1H3;1-4H;2-5H,8H2,1H3. The number of benzene rings is 4. The van der Waals surface area contributed by atoms with E-state index < -0.39 is 10.0 Å². The molecule has 0 fully saturated rings. The summed E-state index contributed by atoms with van der Waals surface area (Å²) in [4.78, 5) is 8.00. The first-order valence-electron chi connectivity index (χ1n) is 12.9. The third-order valence-corrected chi connectivity index (χ3v) is 9.21. The number of fused-ring (bicyclic) bond motifs is 2. The largest absolute Gasteiger partial charge is 0.399 e. The molecule has 0 aliphatic carbocycles. The van der Waals surface area contributed by atoms with Crippen molar-refractivity contribution in [1.29, 1.82) is 0 Å². The van der Waals surface area contributed by atoms with E-state index in [2.05, 4.69) is 30.6 Å². The van der Waals surface area contributed by atoms with Crippen LogP contribution in [0.4, 0.5) is 11.4 Å². The molecule has 0 atom stereocenters. The van der Waals surface area contributed by atoms with E-state index in [1.165, 1.54) is 23.9 Å². The Morgan fingerprint density at radius 3 is 1.77 bits per heavy atom. The molecular formula is C32H25BrCl4N4O2S. The normalized spacial score (nSPS) is 10.9. The van der Waals surface area contributed by atoms with E-state index in [0.29, 0.717) is 31.7 Å². The molecule has 0 spiro atoms. The second kappa shape index (κ2) is 14.8. The van der Waals surface area contributed by atoms with Crippen molar-refractivity contribution in [1.82, 2.24) is 9.97 Å². The Bertz CT molecular complexity index is 2060. The van der Waals surface area contributed by atoms with Crippen LogP contribution >= 0.6 is 62.3 Å². The highest BCUT2D eigenvalue weighted by Gasteiger charge is 2.16. The minimum atomic E-state index is -3.73. The van der Waals surface area contributed by atoms with E-state index >= 15 is 0 Å². The number of hydrogen-bond acceptors (Lipinski definition) is 5. The lowest BCUT2D eigenvalue weighted by Gasteiger charge is -2.10. The first-order valence-corrected chi connectivity index (χ1v) is 16.7. The molecule has 226 valence electrons. The van der Waals surface area contributed by atoms with Gasteiger partial charge in [0, 0.05) is 49.8 Å². The Morgan fingerprint density at radius 2 is 1.23 bits per heavy atom. The molecule has 0 saturated carbocycles. The number of nitrogens with one attached hydrogen (secondary N) is 1. The molecule has 0 amide bonds. The van der Waals surface area contributed by atoms with Gasteiger partial charge in [0.1, 0.15) is 10.3 Å². The molecule has 12 heteroatoms. The van der Waals surface area contributed by atoms with Crippen molar-refractivity contribution < 1.29 is 8.42 Å². The molecule has 2 aromatic heterocycles. The lowest BCUT2D eigenvalue weighted by atomic mass is 10.2. The number of nitrogens with zero attached hydrogens (tertiary/aromatic N) is 2. The van der Waals surface area contributed by atoms with Gasteiger partial charge >= 0.3 is 0 Å². The van der Waals surface area contributed by atoms with Crippen LogP contribution in [0.1, 0.15) is 11.1 Å². The lowest BCUT2D eigenvalue weighted by molar-refractivity contribution is 0.601. The third-order valence-electron chi connectivity index (χ3n) is 6.14. The molecule has 6 nitrogen and oxygen atoms in total. The number of rotatable bonds is 3. The third kappa shape index (κ3) is 8.75. The van der Waals surface area contributed by atoms with Crippen LogP contribution in [0.5, 0.6) is 0 Å². The average Bonchev–Trinajstić information content (AvgIpc) is 2.97. The number of aromatic nitrogens is 2. The number of anilines is 2. The van der Waals surface area contributed by atoms with Crippen LogP contribution in [0.15, 0.2) is 107 Å². The summed E-state index contributed by atoms with van der Waals surface area (Å²) in [6.45, 7) is 3.91. The minimum absolute atomic E-state index is 0.0949. The monoisotopic (exact) mass is 748 g/mol. The summed E-state index contributed by atoms with van der Waals surface area (Å²) in [5, 5.41) is 4.64. The zero-order valence-electron chi connectivity index (χ0n) is 23.3. The van der Waals surface area contributed by atoms with Crippen molar-refractivity contribution in [2.75, 3.05) is 10.5 Å². The second-order valence-corrected chi connectivity index (χ2v) is 13.7. The quantitative estimate of drug-likeness (QED) is 0.139. The number of sulfonamides is 1. The summed E-state index contributed by atoms with van der Waals surface area (Å²) in [5.74, 6) is 0. The van der Waals surface area contributed by atoms with Gasteiger partial charge in [-0.2, -0.15) is 0 Å². The lowest BCUT2D eigenvalue weighted by Crippen LogP contribution is -2.13. The molecule has 0 radical (unpaired) electrons. The van der Waals surface area contributed by atoms with Gasteiger partial charge in [0.15, 0.2) is 0 Å². The van der Waals surface area contributed by atoms with E-state index in [9.17, 15) is 8.42 Å². The summed E-state index contributed by atoms with van der Waals surface area (Å²) in [7, 11) is -3.73. The average molecular weight is 751 g/mol. The Hall–Kier alpha value is -3.11. The zero-order chi connectivity index (χ0) is 32.0. The molecule has 0 unspecified atom stereocenters. The van der Waals surface area contributed by atoms with E-state index in [1.54, 1.807) is 30.5 Å². The Balaban J connectivity index is 0.000000175. The van der Waals surface area contributed by atoms with Crippen LogP contribution in [0.2, 0.25) is 20.4 Å². The van der Waals surface area contributed by atoms with Gasteiger partial charge in [-0.25, -0.2) is 18.4 Å². The van der Waals surface area contributed by atoms with Crippen LogP contribution in [0.25, 0.3) is 21.5 Å². The predicted octanol–water partition coefficient (Wildman–Crippen LogP) is 10.5. The SMILES string of the molecule is Cc1cccc(N)c1.Cc1cccc(NS(=O)(=O)c2ccc3c(Cl)cnc(Cl)c3c2)c1.Clc1cnc(Cl)c2cc(Br)ccc12. The highest BCUT2D eigenvalue weighted by Crippen LogP contribution is 2.31. The van der Waals surface area contributed by atoms with Gasteiger partial charge in [-0.05, 0) is 73.5 Å². The predicted molar refractivity (Wildman–Crippen MR) is 189 cm³/mol. The van der Waals surface area contributed by atoms with Crippen LogP contribution in [0.3, 0.4) is 0 Å². The van der Waals surface area contributed by atoms with E-state index in [0.717, 1.165) is 26.5 Å². The van der Waals surface area contributed by atoms with Crippen molar-refractivity contribution in [3.8, 4) is 0 Å². The fourth-order valence-electron chi connectivity index (χ4n) is 4.06. The smallest absolute Gasteiger partial charge is 0.261 e. The topological polar surface area (TPSA) is 98.0 Å². The van der Waals surface area contributed by atoms with Gasteiger partial charge < -0.3 is 5.73 Å². The van der Waals surface area contributed by atoms with Crippen molar-refractivity contribution in [2.45, 2.75) is 18.7 Å². The van der Waals surface area contributed by atoms with Gasteiger partial charge in [-0.15, -0.1) is 0 Å². The fourth-order valence-corrected chi connectivity index (χ4v) is 6.34. The minimum Gasteiger partial charge on any atom is -0.399 e. The number of hydrogen-bond donors (Lipinski definition) is 2. The Labute approximate surface area is 284 Å². The first kappa shape index (κ1) is 33.8. The van der Waals surface area contributed by atoms with E-state index in [4.69, 9.17) is 52.1 Å². The van der Waals surface area contributed by atoms with E-state index in [1.807, 2.05) is 62.4 Å². The maximum Gasteiger partial charge on any atom is 0.261 e. The van der Waals surface area contributed by atoms with Crippen molar-refractivity contribution in [3.05, 3.63) is 133 Å². The van der Waals surface area contributed by atoms with E-state index in [-0.39, 0.29) is 10.0 Å². The maximum absolute atomic E-state index is 12.5. The molecular weight excluding hydrogens is 726 g/mol. The van der Waals surface area contributed by atoms with Crippen LogP contribution in [-0.2, 0) is 10.0 Å². The van der Waals surface area contributed by atoms with Gasteiger partial charge in [0.25, 0.3) is 10.0 Å². The van der Waals surface area contributed by atoms with Crippen LogP contribution < -0.4 is 10.5 Å². The molecule has 4 aromatic carbocycles. The number of pyridine rings is 2. The van der Waals surface area contributed by atoms with Crippen LogP contribution in [0, 0.1) is 13.8 Å². The molecule has 0 saturated heterocycles. The fraction of sp³-hybridized carbons (Fsp3) is 0.0625. The molecule has 0 bridgehead atoms. The zero-order valence-corrected chi connectivity index (χ0v) is 28.8.